The van der Waals surface area contributed by atoms with Crippen LogP contribution in [0, 0.1) is 22.7 Å². The molecule has 7 heteroatoms. The predicted molar refractivity (Wildman–Crippen MR) is 120 cm³/mol. The fourth-order valence-corrected chi connectivity index (χ4v) is 8.07. The van der Waals surface area contributed by atoms with Crippen LogP contribution >= 0.6 is 7.60 Å². The Hall–Kier alpha value is -0.970. The Morgan fingerprint density at radius 2 is 1.84 bits per heavy atom. The fraction of sp³-hybridized carbons (Fsp3) is 0.833. The zero-order valence-electron chi connectivity index (χ0n) is 19.9. The Kier molecular flexibility index (Phi) is 7.25. The molecule has 2 saturated carbocycles. The Morgan fingerprint density at radius 3 is 2.45 bits per heavy atom. The molecule has 0 saturated heterocycles. The third-order valence-corrected chi connectivity index (χ3v) is 10.4. The highest BCUT2D eigenvalue weighted by molar-refractivity contribution is 7.55. The number of rotatable bonds is 7. The molecule has 0 amide bonds. The van der Waals surface area contributed by atoms with Gasteiger partial charge in [0.2, 0.25) is 0 Å². The number of carbonyl (C=O) groups excluding carboxylic acids is 2. The van der Waals surface area contributed by atoms with E-state index in [-0.39, 0.29) is 35.7 Å². The van der Waals surface area contributed by atoms with Crippen LogP contribution in [-0.2, 0) is 27.9 Å². The highest BCUT2D eigenvalue weighted by Crippen LogP contribution is 2.62. The van der Waals surface area contributed by atoms with E-state index in [1.807, 2.05) is 0 Å². The number of esters is 1. The van der Waals surface area contributed by atoms with Gasteiger partial charge >= 0.3 is 13.6 Å². The van der Waals surface area contributed by atoms with Gasteiger partial charge in [-0.25, -0.2) is 0 Å². The summed E-state index contributed by atoms with van der Waals surface area (Å²) >= 11 is 0. The molecule has 2 fully saturated rings. The van der Waals surface area contributed by atoms with E-state index in [2.05, 4.69) is 20.8 Å². The largest absolute Gasteiger partial charge is 0.453 e. The van der Waals surface area contributed by atoms with E-state index >= 15 is 0 Å². The van der Waals surface area contributed by atoms with Crippen LogP contribution in [0.25, 0.3) is 0 Å². The lowest BCUT2D eigenvalue weighted by Crippen LogP contribution is -2.52. The Labute approximate surface area is 187 Å². The topological polar surface area (TPSA) is 78.9 Å². The van der Waals surface area contributed by atoms with E-state index in [1.54, 1.807) is 19.9 Å². The molecule has 176 valence electrons. The molecule has 6 nitrogen and oxygen atoms in total. The van der Waals surface area contributed by atoms with Crippen molar-refractivity contribution < 1.29 is 27.9 Å². The molecule has 0 spiro atoms. The highest BCUT2D eigenvalue weighted by Gasteiger charge is 2.55. The first-order valence-corrected chi connectivity index (χ1v) is 13.4. The number of hydrogen-bond acceptors (Lipinski definition) is 6. The quantitative estimate of drug-likeness (QED) is 0.363. The second-order valence-electron chi connectivity index (χ2n) is 10.3. The highest BCUT2D eigenvalue weighted by atomic mass is 31.2. The van der Waals surface area contributed by atoms with Crippen molar-refractivity contribution in [2.24, 2.45) is 22.7 Å². The molecule has 0 aromatic heterocycles. The van der Waals surface area contributed by atoms with Crippen LogP contribution in [0.2, 0.25) is 0 Å². The van der Waals surface area contributed by atoms with Gasteiger partial charge in [0, 0.05) is 0 Å². The third kappa shape index (κ3) is 4.58. The lowest BCUT2D eigenvalue weighted by molar-refractivity contribution is -0.157. The number of fused-ring (bicyclic) bond motifs is 3. The molecule has 3 rings (SSSR count). The maximum absolute atomic E-state index is 13.0. The van der Waals surface area contributed by atoms with Gasteiger partial charge in [0.15, 0.2) is 17.5 Å². The molecule has 0 bridgehead atoms. The lowest BCUT2D eigenvalue weighted by atomic mass is 9.46. The smallest absolute Gasteiger partial charge is 0.344 e. The second kappa shape index (κ2) is 9.11. The Balaban J connectivity index is 1.79. The van der Waals surface area contributed by atoms with E-state index in [4.69, 9.17) is 13.8 Å². The molecule has 3 aliphatic rings. The van der Waals surface area contributed by atoms with Crippen LogP contribution in [-0.4, -0.2) is 36.7 Å². The molecule has 0 heterocycles. The molecular formula is C24H39O6P. The van der Waals surface area contributed by atoms with Gasteiger partial charge in [-0.2, -0.15) is 0 Å². The number of hydrogen-bond donors (Lipinski definition) is 0. The first-order valence-electron chi connectivity index (χ1n) is 11.8. The zero-order chi connectivity index (χ0) is 23.0. The first kappa shape index (κ1) is 24.7. The molecule has 1 unspecified atom stereocenters. The normalized spacial score (nSPS) is 33.7. The molecule has 0 N–H and O–H groups in total. The van der Waals surface area contributed by atoms with E-state index in [0.29, 0.717) is 12.3 Å². The average molecular weight is 455 g/mol. The number of allylic oxidation sites excluding steroid dienone is 1. The Bertz CT molecular complexity index is 777. The van der Waals surface area contributed by atoms with Gasteiger partial charge in [-0.05, 0) is 81.6 Å². The van der Waals surface area contributed by atoms with E-state index in [1.165, 1.54) is 25.3 Å². The monoisotopic (exact) mass is 454 g/mol. The van der Waals surface area contributed by atoms with Gasteiger partial charge in [-0.3, -0.25) is 14.2 Å². The molecule has 0 radical (unpaired) electrons. The summed E-state index contributed by atoms with van der Waals surface area (Å²) < 4.78 is 29.2. The van der Waals surface area contributed by atoms with Crippen molar-refractivity contribution in [3.05, 3.63) is 11.6 Å². The van der Waals surface area contributed by atoms with Crippen molar-refractivity contribution >= 4 is 19.3 Å². The predicted octanol–water partition coefficient (Wildman–Crippen LogP) is 5.69. The fourth-order valence-electron chi connectivity index (χ4n) is 6.51. The van der Waals surface area contributed by atoms with Crippen LogP contribution in [0.5, 0.6) is 0 Å². The minimum Gasteiger partial charge on any atom is -0.453 e. The van der Waals surface area contributed by atoms with Crippen molar-refractivity contribution in [2.45, 2.75) is 91.8 Å². The average Bonchev–Trinajstić information content (AvgIpc) is 2.68. The molecule has 3 aliphatic carbocycles. The number of ketones is 1. The summed E-state index contributed by atoms with van der Waals surface area (Å²) in [6, 6.07) is 0. The van der Waals surface area contributed by atoms with E-state index in [0.717, 1.165) is 19.3 Å². The second-order valence-corrected chi connectivity index (χ2v) is 12.7. The summed E-state index contributed by atoms with van der Waals surface area (Å²) in [4.78, 5) is 25.7. The standard InChI is InChI=1S/C24H39O6P/c1-7-28-31(27,29-8-2)16(3)22(26)30-20-15-18-17(14-19(20)25)10-11-21-23(4,5)12-9-13-24(18,21)6/h14,16,18,20-21H,7-13,15H2,1-6H3/t16?,18-,20-,21-,24+/m0/s1. The molecule has 0 aliphatic heterocycles. The Morgan fingerprint density at radius 1 is 1.19 bits per heavy atom. The maximum Gasteiger partial charge on any atom is 0.344 e. The van der Waals surface area contributed by atoms with Crippen LogP contribution in [0.3, 0.4) is 0 Å². The van der Waals surface area contributed by atoms with Crippen LogP contribution in [0.4, 0.5) is 0 Å². The van der Waals surface area contributed by atoms with Crippen LogP contribution < -0.4 is 0 Å². The summed E-state index contributed by atoms with van der Waals surface area (Å²) in [7, 11) is -3.64. The lowest BCUT2D eigenvalue weighted by Gasteiger charge is -2.59. The molecule has 31 heavy (non-hydrogen) atoms. The van der Waals surface area contributed by atoms with E-state index in [9.17, 15) is 14.2 Å². The first-order chi connectivity index (χ1) is 14.5. The van der Waals surface area contributed by atoms with Crippen LogP contribution in [0.1, 0.15) is 80.1 Å². The molecule has 0 aromatic rings. The zero-order valence-corrected chi connectivity index (χ0v) is 20.8. The van der Waals surface area contributed by atoms with Gasteiger partial charge in [0.25, 0.3) is 0 Å². The van der Waals surface area contributed by atoms with Gasteiger partial charge in [-0.15, -0.1) is 0 Å². The van der Waals surface area contributed by atoms with Gasteiger partial charge in [0.05, 0.1) is 13.2 Å². The van der Waals surface area contributed by atoms with Gasteiger partial charge in [0.1, 0.15) is 0 Å². The van der Waals surface area contributed by atoms with Crippen molar-refractivity contribution in [1.29, 1.82) is 0 Å². The minimum absolute atomic E-state index is 0.106. The summed E-state index contributed by atoms with van der Waals surface area (Å²) in [5, 5.41) is 0. The molecular weight excluding hydrogens is 415 g/mol. The van der Waals surface area contributed by atoms with Crippen LogP contribution in [0.15, 0.2) is 11.6 Å². The summed E-state index contributed by atoms with van der Waals surface area (Å²) in [5.74, 6) is -0.0220. The van der Waals surface area contributed by atoms with Crippen molar-refractivity contribution in [3.63, 3.8) is 0 Å². The SMILES string of the molecule is CCOP(=O)(OCC)C(C)C(=O)O[C@H]1C[C@H]2C(=CC1=O)CC[C@H]1C(C)(C)CCC[C@]21C. The summed E-state index contributed by atoms with van der Waals surface area (Å²) in [6.07, 6.45) is 7.03. The molecule has 5 atom stereocenters. The molecule has 0 aromatic carbocycles. The van der Waals surface area contributed by atoms with Crippen molar-refractivity contribution in [3.8, 4) is 0 Å². The summed E-state index contributed by atoms with van der Waals surface area (Å²) in [6.45, 7) is 12.3. The van der Waals surface area contributed by atoms with Gasteiger partial charge in [-0.1, -0.05) is 32.8 Å². The number of carbonyl (C=O) groups is 2. The van der Waals surface area contributed by atoms with Gasteiger partial charge < -0.3 is 13.8 Å². The van der Waals surface area contributed by atoms with Crippen molar-refractivity contribution in [2.75, 3.05) is 13.2 Å². The third-order valence-electron chi connectivity index (χ3n) is 8.03. The van der Waals surface area contributed by atoms with Crippen molar-refractivity contribution in [1.82, 2.24) is 0 Å². The van der Waals surface area contributed by atoms with E-state index < -0.39 is 25.3 Å². The minimum atomic E-state index is -3.64. The number of ether oxygens (including phenoxy) is 1. The summed E-state index contributed by atoms with van der Waals surface area (Å²) in [5.41, 5.74) is 0.529. The maximum atomic E-state index is 13.0.